The van der Waals surface area contributed by atoms with E-state index in [1.807, 2.05) is 4.90 Å². The van der Waals surface area contributed by atoms with Crippen molar-refractivity contribution < 1.29 is 22.7 Å². The maximum Gasteiger partial charge on any atom is 0.260 e. The van der Waals surface area contributed by atoms with Gasteiger partial charge >= 0.3 is 0 Å². The molecule has 1 aliphatic heterocycles. The third-order valence-corrected chi connectivity index (χ3v) is 8.73. The van der Waals surface area contributed by atoms with Crippen LogP contribution in [0.4, 0.5) is 5.69 Å². The first-order chi connectivity index (χ1) is 16.7. The first-order valence-corrected chi connectivity index (χ1v) is 13.5. The van der Waals surface area contributed by atoms with Gasteiger partial charge in [0, 0.05) is 36.4 Å². The predicted octanol–water partition coefficient (Wildman–Crippen LogP) is 3.89. The third-order valence-electron chi connectivity index (χ3n) is 6.81. The molecule has 2 aliphatic rings. The molecule has 0 spiro atoms. The van der Waals surface area contributed by atoms with Crippen molar-refractivity contribution in [3.8, 4) is 5.75 Å². The number of nitrogens with one attached hydrogen (secondary N) is 1. The van der Waals surface area contributed by atoms with Gasteiger partial charge in [0.25, 0.3) is 11.8 Å². The molecule has 2 aromatic carbocycles. The normalized spacial score (nSPS) is 20.5. The van der Waals surface area contributed by atoms with Crippen molar-refractivity contribution in [3.05, 3.63) is 54.1 Å². The molecule has 9 heteroatoms. The molecule has 1 aliphatic carbocycles. The summed E-state index contributed by atoms with van der Waals surface area (Å²) in [7, 11) is -1.93. The van der Waals surface area contributed by atoms with E-state index in [4.69, 9.17) is 4.74 Å². The van der Waals surface area contributed by atoms with Crippen LogP contribution in [0.5, 0.6) is 5.75 Å². The average Bonchev–Trinajstić information content (AvgIpc) is 3.68. The van der Waals surface area contributed by atoms with Crippen LogP contribution in [0, 0.1) is 0 Å². The van der Waals surface area contributed by atoms with E-state index in [1.165, 1.54) is 16.4 Å². The Hall–Kier alpha value is -2.91. The Balaban J connectivity index is 1.31. The second-order valence-corrected chi connectivity index (χ2v) is 11.5. The third kappa shape index (κ3) is 5.85. The van der Waals surface area contributed by atoms with Gasteiger partial charge in [-0.1, -0.05) is 0 Å². The highest BCUT2D eigenvalue weighted by Crippen LogP contribution is 2.30. The molecule has 2 amide bonds. The molecule has 1 N–H and O–H groups in total. The molecule has 0 aromatic heterocycles. The van der Waals surface area contributed by atoms with E-state index in [9.17, 15) is 18.0 Å². The number of carbonyl (C=O) groups is 2. The molecule has 2 atom stereocenters. The van der Waals surface area contributed by atoms with Gasteiger partial charge in [0.2, 0.25) is 10.0 Å². The zero-order valence-corrected chi connectivity index (χ0v) is 21.3. The van der Waals surface area contributed by atoms with Gasteiger partial charge in [0.15, 0.2) is 6.61 Å². The molecular formula is C26H33N3O5S. The Morgan fingerprint density at radius 2 is 1.57 bits per heavy atom. The van der Waals surface area contributed by atoms with Crippen molar-refractivity contribution >= 4 is 27.5 Å². The Morgan fingerprint density at radius 1 is 0.971 bits per heavy atom. The number of nitrogens with zero attached hydrogens (tertiary/aromatic N) is 2. The average molecular weight is 500 g/mol. The van der Waals surface area contributed by atoms with E-state index < -0.39 is 10.0 Å². The van der Waals surface area contributed by atoms with Gasteiger partial charge in [-0.3, -0.25) is 9.59 Å². The van der Waals surface area contributed by atoms with E-state index in [2.05, 4.69) is 19.2 Å². The van der Waals surface area contributed by atoms with Crippen LogP contribution in [0.2, 0.25) is 0 Å². The molecule has 2 fully saturated rings. The summed E-state index contributed by atoms with van der Waals surface area (Å²) in [5.74, 6) is 0.163. The number of benzene rings is 2. The van der Waals surface area contributed by atoms with Crippen LogP contribution < -0.4 is 10.1 Å². The summed E-state index contributed by atoms with van der Waals surface area (Å²) in [4.78, 5) is 27.4. The molecule has 2 aromatic rings. The molecule has 35 heavy (non-hydrogen) atoms. The van der Waals surface area contributed by atoms with E-state index in [-0.39, 0.29) is 41.4 Å². The van der Waals surface area contributed by atoms with Crippen molar-refractivity contribution in [1.29, 1.82) is 0 Å². The van der Waals surface area contributed by atoms with Crippen molar-refractivity contribution in [2.75, 3.05) is 19.0 Å². The topological polar surface area (TPSA) is 96.0 Å². The lowest BCUT2D eigenvalue weighted by atomic mass is 9.97. The first kappa shape index (κ1) is 25.2. The number of likely N-dealkylation sites (tertiary alicyclic amines) is 1. The van der Waals surface area contributed by atoms with Crippen molar-refractivity contribution in [1.82, 2.24) is 9.21 Å². The molecule has 8 nitrogen and oxygen atoms in total. The number of rotatable bonds is 8. The molecule has 1 heterocycles. The fourth-order valence-corrected chi connectivity index (χ4v) is 5.97. The lowest BCUT2D eigenvalue weighted by molar-refractivity contribution is -0.139. The van der Waals surface area contributed by atoms with E-state index >= 15 is 0 Å². The van der Waals surface area contributed by atoms with E-state index in [0.717, 1.165) is 32.1 Å². The molecule has 1 saturated heterocycles. The number of hydrogen-bond acceptors (Lipinski definition) is 5. The summed E-state index contributed by atoms with van der Waals surface area (Å²) in [6.45, 7) is 4.10. The molecule has 4 rings (SSSR count). The minimum absolute atomic E-state index is 0.0275. The Labute approximate surface area is 207 Å². The molecule has 1 saturated carbocycles. The van der Waals surface area contributed by atoms with E-state index in [1.54, 1.807) is 43.4 Å². The maximum atomic E-state index is 12.6. The molecule has 188 valence electrons. The first-order valence-electron chi connectivity index (χ1n) is 12.1. The Bertz CT molecular complexity index is 1150. The minimum Gasteiger partial charge on any atom is -0.484 e. The largest absolute Gasteiger partial charge is 0.484 e. The highest BCUT2D eigenvalue weighted by Gasteiger charge is 2.35. The standard InChI is InChI=1S/C26H33N3O5S/c1-18-5-4-6-19(2)29(18)25(30)17-34-23-13-7-20(8-14-23)26(31)27-21-9-15-24(16-10-21)35(32,33)28(3)22-11-12-22/h7-10,13-16,18-19,22H,4-6,11-12,17H2,1-3H3,(H,27,31). The number of amides is 2. The van der Waals surface area contributed by atoms with Gasteiger partial charge in [-0.15, -0.1) is 0 Å². The van der Waals surface area contributed by atoms with Crippen LogP contribution in [0.15, 0.2) is 53.4 Å². The van der Waals surface area contributed by atoms with Gasteiger partial charge < -0.3 is 15.0 Å². The summed E-state index contributed by atoms with van der Waals surface area (Å²) >= 11 is 0. The monoisotopic (exact) mass is 499 g/mol. The highest BCUT2D eigenvalue weighted by atomic mass is 32.2. The van der Waals surface area contributed by atoms with Crippen molar-refractivity contribution in [2.24, 2.45) is 0 Å². The highest BCUT2D eigenvalue weighted by molar-refractivity contribution is 7.89. The summed E-state index contributed by atoms with van der Waals surface area (Å²) in [5.41, 5.74) is 0.922. The number of anilines is 1. The number of hydrogen-bond donors (Lipinski definition) is 1. The summed E-state index contributed by atoms with van der Waals surface area (Å²) < 4.78 is 32.3. The SMILES string of the molecule is CC1CCCC(C)N1C(=O)COc1ccc(C(=O)Nc2ccc(S(=O)(=O)N(C)C3CC3)cc2)cc1. The van der Waals surface area contributed by atoms with Gasteiger partial charge in [0.1, 0.15) is 5.75 Å². The number of ether oxygens (including phenoxy) is 1. The Kier molecular flexibility index (Phi) is 7.47. The second kappa shape index (κ2) is 10.4. The zero-order chi connectivity index (χ0) is 25.2. The summed E-state index contributed by atoms with van der Waals surface area (Å²) in [6, 6.07) is 13.3. The molecule has 0 bridgehead atoms. The van der Waals surface area contributed by atoms with Crippen LogP contribution >= 0.6 is 0 Å². The smallest absolute Gasteiger partial charge is 0.260 e. The fraction of sp³-hybridized carbons (Fsp3) is 0.462. The molecule has 2 unspecified atom stereocenters. The number of piperidine rings is 1. The van der Waals surface area contributed by atoms with Gasteiger partial charge in [-0.05, 0) is 94.5 Å². The van der Waals surface area contributed by atoms with Crippen molar-refractivity contribution in [3.63, 3.8) is 0 Å². The Morgan fingerprint density at radius 3 is 2.14 bits per heavy atom. The number of carbonyl (C=O) groups excluding carboxylic acids is 2. The quantitative estimate of drug-likeness (QED) is 0.595. The lowest BCUT2D eigenvalue weighted by Crippen LogP contribution is -2.49. The second-order valence-electron chi connectivity index (χ2n) is 9.47. The molecule has 0 radical (unpaired) electrons. The van der Waals surface area contributed by atoms with Crippen molar-refractivity contribution in [2.45, 2.75) is 69.0 Å². The fourth-order valence-electron chi connectivity index (χ4n) is 4.55. The minimum atomic E-state index is -3.52. The van der Waals surface area contributed by atoms with Gasteiger partial charge in [-0.2, -0.15) is 4.31 Å². The number of sulfonamides is 1. The molecular weight excluding hydrogens is 466 g/mol. The van der Waals surface area contributed by atoms with Crippen LogP contribution in [-0.2, 0) is 14.8 Å². The predicted molar refractivity (Wildman–Crippen MR) is 134 cm³/mol. The lowest BCUT2D eigenvalue weighted by Gasteiger charge is -2.38. The van der Waals surface area contributed by atoms with E-state index in [0.29, 0.717) is 17.0 Å². The van der Waals surface area contributed by atoms with Crippen LogP contribution in [-0.4, -0.2) is 61.2 Å². The maximum absolute atomic E-state index is 12.6. The van der Waals surface area contributed by atoms with Gasteiger partial charge in [0.05, 0.1) is 4.90 Å². The van der Waals surface area contributed by atoms with Gasteiger partial charge in [-0.25, -0.2) is 8.42 Å². The zero-order valence-electron chi connectivity index (χ0n) is 20.4. The van der Waals surface area contributed by atoms with Crippen LogP contribution in [0.3, 0.4) is 0 Å². The summed E-state index contributed by atoms with van der Waals surface area (Å²) in [5, 5.41) is 2.77. The van der Waals surface area contributed by atoms with Crippen LogP contribution in [0.1, 0.15) is 56.3 Å². The van der Waals surface area contributed by atoms with Crippen LogP contribution in [0.25, 0.3) is 0 Å². The summed E-state index contributed by atoms with van der Waals surface area (Å²) in [6.07, 6.45) is 4.94.